The monoisotopic (exact) mass is 239 g/mol. The largest absolute Gasteiger partial charge is 0.395 e. The fourth-order valence-corrected chi connectivity index (χ4v) is 1.02. The van der Waals surface area contributed by atoms with Gasteiger partial charge in [0.15, 0.2) is 0 Å². The molecular formula is C5H9N3O8. The Labute approximate surface area is 88.0 Å². The highest BCUT2D eigenvalue weighted by atomic mass is 16.9. The Kier molecular flexibility index (Phi) is 5.01. The highest BCUT2D eigenvalue weighted by molar-refractivity contribution is 4.76. The number of aliphatic hydroxyl groups is 1. The maximum Gasteiger partial charge on any atom is 0.294 e. The first kappa shape index (κ1) is 14.0. The van der Waals surface area contributed by atoms with E-state index >= 15 is 0 Å². The summed E-state index contributed by atoms with van der Waals surface area (Å²) in [6, 6.07) is 0. The summed E-state index contributed by atoms with van der Waals surface area (Å²) in [6.07, 6.45) is 0. The van der Waals surface area contributed by atoms with Gasteiger partial charge in [0.2, 0.25) is 13.1 Å². The zero-order valence-corrected chi connectivity index (χ0v) is 7.98. The van der Waals surface area contributed by atoms with Gasteiger partial charge in [0, 0.05) is 9.85 Å². The lowest BCUT2D eigenvalue weighted by atomic mass is 9.90. The van der Waals surface area contributed by atoms with Gasteiger partial charge >= 0.3 is 0 Å². The summed E-state index contributed by atoms with van der Waals surface area (Å²) < 4.78 is 0. The Bertz CT molecular complexity index is 275. The van der Waals surface area contributed by atoms with Crippen LogP contribution >= 0.6 is 0 Å². The second-order valence-corrected chi connectivity index (χ2v) is 3.14. The standard InChI is InChI=1S/C5H9N3O8/c9-3-5(1-6(10)11,2-7(12)13)4-16-8(14)15/h9H,1-4H2. The predicted octanol–water partition coefficient (Wildman–Crippen LogP) is -1.27. The van der Waals surface area contributed by atoms with Crippen LogP contribution in [-0.2, 0) is 4.84 Å². The average molecular weight is 239 g/mol. The quantitative estimate of drug-likeness (QED) is 0.405. The molecule has 0 saturated carbocycles. The minimum absolute atomic E-state index is 0.900. The van der Waals surface area contributed by atoms with E-state index in [1.165, 1.54) is 0 Å². The van der Waals surface area contributed by atoms with E-state index in [0.29, 0.717) is 0 Å². The molecule has 11 heteroatoms. The molecule has 0 aliphatic rings. The summed E-state index contributed by atoms with van der Waals surface area (Å²) in [5.74, 6) is 0. The second kappa shape index (κ2) is 5.75. The van der Waals surface area contributed by atoms with Crippen molar-refractivity contribution in [1.29, 1.82) is 0 Å². The number of nitro groups is 2. The Morgan fingerprint density at radius 1 is 1.06 bits per heavy atom. The first-order valence-corrected chi connectivity index (χ1v) is 3.93. The molecule has 0 aromatic rings. The molecule has 0 aromatic carbocycles. The van der Waals surface area contributed by atoms with E-state index in [2.05, 4.69) is 4.84 Å². The van der Waals surface area contributed by atoms with Crippen LogP contribution in [0, 0.1) is 35.8 Å². The Morgan fingerprint density at radius 3 is 1.75 bits per heavy atom. The Hall–Kier alpha value is -2.04. The molecule has 0 aliphatic carbocycles. The first-order valence-electron chi connectivity index (χ1n) is 3.93. The lowest BCUT2D eigenvalue weighted by Crippen LogP contribution is -2.44. The molecule has 0 amide bonds. The molecule has 0 atom stereocenters. The minimum Gasteiger partial charge on any atom is -0.395 e. The van der Waals surface area contributed by atoms with Crippen molar-refractivity contribution in [2.75, 3.05) is 26.3 Å². The summed E-state index contributed by atoms with van der Waals surface area (Å²) in [7, 11) is 0. The zero-order valence-electron chi connectivity index (χ0n) is 7.98. The number of nitrogens with zero attached hydrogens (tertiary/aromatic N) is 3. The highest BCUT2D eigenvalue weighted by Crippen LogP contribution is 2.18. The smallest absolute Gasteiger partial charge is 0.294 e. The lowest BCUT2D eigenvalue weighted by Gasteiger charge is -2.21. The number of rotatable bonds is 8. The molecule has 0 aromatic heterocycles. The second-order valence-electron chi connectivity index (χ2n) is 3.14. The SMILES string of the molecule is O=[N+]([O-])CC(CO)(CO[N+](=O)[O-])C[N+](=O)[O-]. The summed E-state index contributed by atoms with van der Waals surface area (Å²) >= 11 is 0. The molecule has 0 radical (unpaired) electrons. The molecule has 1 N–H and O–H groups in total. The molecule has 16 heavy (non-hydrogen) atoms. The number of aliphatic hydroxyl groups excluding tert-OH is 1. The summed E-state index contributed by atoms with van der Waals surface area (Å²) in [5, 5.41) is 38.0. The van der Waals surface area contributed by atoms with Gasteiger partial charge in [0.25, 0.3) is 5.09 Å². The molecule has 0 bridgehead atoms. The maximum absolute atomic E-state index is 10.2. The van der Waals surface area contributed by atoms with Crippen molar-refractivity contribution in [3.05, 3.63) is 30.3 Å². The topological polar surface area (TPSA) is 159 Å². The van der Waals surface area contributed by atoms with Gasteiger partial charge in [0.05, 0.1) is 6.61 Å². The van der Waals surface area contributed by atoms with Gasteiger partial charge in [-0.15, -0.1) is 10.1 Å². The molecule has 0 unspecified atom stereocenters. The van der Waals surface area contributed by atoms with E-state index < -0.39 is 46.7 Å². The fourth-order valence-electron chi connectivity index (χ4n) is 1.02. The van der Waals surface area contributed by atoms with Gasteiger partial charge in [-0.3, -0.25) is 20.2 Å². The summed E-state index contributed by atoms with van der Waals surface area (Å²) in [4.78, 5) is 32.4. The van der Waals surface area contributed by atoms with E-state index in [1.54, 1.807) is 0 Å². The lowest BCUT2D eigenvalue weighted by molar-refractivity contribution is -0.763. The molecule has 11 nitrogen and oxygen atoms in total. The van der Waals surface area contributed by atoms with Crippen LogP contribution < -0.4 is 0 Å². The van der Waals surface area contributed by atoms with Crippen molar-refractivity contribution in [2.24, 2.45) is 5.41 Å². The molecule has 0 fully saturated rings. The van der Waals surface area contributed by atoms with Crippen molar-refractivity contribution >= 4 is 0 Å². The van der Waals surface area contributed by atoms with Crippen LogP contribution in [0.3, 0.4) is 0 Å². The van der Waals surface area contributed by atoms with Crippen LogP contribution in [-0.4, -0.2) is 46.3 Å². The van der Waals surface area contributed by atoms with Gasteiger partial charge in [-0.1, -0.05) is 0 Å². The third kappa shape index (κ3) is 4.99. The Morgan fingerprint density at radius 2 is 1.50 bits per heavy atom. The minimum atomic E-state index is -1.89. The van der Waals surface area contributed by atoms with E-state index in [0.717, 1.165) is 0 Å². The summed E-state index contributed by atoms with van der Waals surface area (Å²) in [5.41, 5.74) is -1.89. The maximum atomic E-state index is 10.2. The fraction of sp³-hybridized carbons (Fsp3) is 1.00. The third-order valence-corrected chi connectivity index (χ3v) is 1.74. The highest BCUT2D eigenvalue weighted by Gasteiger charge is 2.42. The van der Waals surface area contributed by atoms with Crippen LogP contribution in [0.1, 0.15) is 0 Å². The summed E-state index contributed by atoms with van der Waals surface area (Å²) in [6.45, 7) is -3.84. The van der Waals surface area contributed by atoms with Crippen LogP contribution in [0.25, 0.3) is 0 Å². The van der Waals surface area contributed by atoms with Crippen LogP contribution in [0.5, 0.6) is 0 Å². The third-order valence-electron chi connectivity index (χ3n) is 1.74. The van der Waals surface area contributed by atoms with Crippen molar-refractivity contribution in [3.63, 3.8) is 0 Å². The van der Waals surface area contributed by atoms with E-state index in [-0.39, 0.29) is 0 Å². The molecule has 0 saturated heterocycles. The number of hydrogen-bond acceptors (Lipinski definition) is 8. The molecular weight excluding hydrogens is 230 g/mol. The van der Waals surface area contributed by atoms with Gasteiger partial charge in [0.1, 0.15) is 12.0 Å². The van der Waals surface area contributed by atoms with Crippen molar-refractivity contribution < 1.29 is 24.9 Å². The van der Waals surface area contributed by atoms with Gasteiger partial charge in [-0.05, 0) is 0 Å². The average Bonchev–Trinajstić information content (AvgIpc) is 2.12. The van der Waals surface area contributed by atoms with Crippen molar-refractivity contribution in [2.45, 2.75) is 0 Å². The normalized spacial score (nSPS) is 10.8. The van der Waals surface area contributed by atoms with Crippen LogP contribution in [0.15, 0.2) is 0 Å². The van der Waals surface area contributed by atoms with Crippen molar-refractivity contribution in [3.8, 4) is 0 Å². The molecule has 0 rings (SSSR count). The molecule has 0 aliphatic heterocycles. The number of hydrogen-bond donors (Lipinski definition) is 1. The van der Waals surface area contributed by atoms with Gasteiger partial charge < -0.3 is 9.94 Å². The van der Waals surface area contributed by atoms with Gasteiger partial charge in [-0.2, -0.15) is 0 Å². The van der Waals surface area contributed by atoms with E-state index in [1.807, 2.05) is 0 Å². The first-order chi connectivity index (χ1) is 7.31. The van der Waals surface area contributed by atoms with E-state index in [4.69, 9.17) is 5.11 Å². The van der Waals surface area contributed by atoms with Crippen molar-refractivity contribution in [1.82, 2.24) is 0 Å². The van der Waals surface area contributed by atoms with Crippen LogP contribution in [0.2, 0.25) is 0 Å². The Balaban J connectivity index is 4.72. The predicted molar refractivity (Wildman–Crippen MR) is 46.2 cm³/mol. The molecule has 92 valence electrons. The zero-order chi connectivity index (χ0) is 12.8. The van der Waals surface area contributed by atoms with Gasteiger partial charge in [-0.25, -0.2) is 0 Å². The molecule has 0 spiro atoms. The van der Waals surface area contributed by atoms with Crippen LogP contribution in [0.4, 0.5) is 0 Å². The molecule has 0 heterocycles. The van der Waals surface area contributed by atoms with E-state index in [9.17, 15) is 30.3 Å².